The number of β-amino-alcohol motifs (C(OH)–C–C–N with tert-alkyl or cyclic N) is 1. The third-order valence-electron chi connectivity index (χ3n) is 4.34. The summed E-state index contributed by atoms with van der Waals surface area (Å²) in [5, 5.41) is 14.2. The average Bonchev–Trinajstić information content (AvgIpc) is 3.22. The molecule has 0 aromatic carbocycles. The lowest BCUT2D eigenvalue weighted by molar-refractivity contribution is 0.147. The Morgan fingerprint density at radius 1 is 1.24 bits per heavy atom. The first kappa shape index (κ1) is 15.6. The highest BCUT2D eigenvalue weighted by atomic mass is 16.5. The predicted molar refractivity (Wildman–Crippen MR) is 89.7 cm³/mol. The zero-order valence-electron chi connectivity index (χ0n) is 13.8. The van der Waals surface area contributed by atoms with Gasteiger partial charge in [-0.25, -0.2) is 4.98 Å². The van der Waals surface area contributed by atoms with E-state index in [2.05, 4.69) is 30.0 Å². The van der Waals surface area contributed by atoms with Crippen LogP contribution in [-0.2, 0) is 6.42 Å². The van der Waals surface area contributed by atoms with Crippen molar-refractivity contribution in [1.82, 2.24) is 25.1 Å². The van der Waals surface area contributed by atoms with Gasteiger partial charge in [0.15, 0.2) is 5.82 Å². The summed E-state index contributed by atoms with van der Waals surface area (Å²) < 4.78 is 5.22. The number of pyridine rings is 1. The second-order valence-electron chi connectivity index (χ2n) is 6.18. The van der Waals surface area contributed by atoms with Crippen LogP contribution in [0.2, 0.25) is 0 Å². The maximum Gasteiger partial charge on any atom is 0.258 e. The van der Waals surface area contributed by atoms with Crippen molar-refractivity contribution in [2.24, 2.45) is 5.92 Å². The lowest BCUT2D eigenvalue weighted by atomic mass is 10.0. The van der Waals surface area contributed by atoms with Gasteiger partial charge < -0.3 is 14.5 Å². The number of aliphatic hydroxyl groups is 1. The van der Waals surface area contributed by atoms with Gasteiger partial charge in [0.05, 0.1) is 11.8 Å². The molecule has 1 fully saturated rings. The Balaban J connectivity index is 1.51. The molecule has 0 spiro atoms. The maximum absolute atomic E-state index is 10.4. The molecule has 2 atom stereocenters. The summed E-state index contributed by atoms with van der Waals surface area (Å²) in [5.41, 5.74) is 1.70. The topological polar surface area (TPSA) is 101 Å². The molecule has 0 aliphatic carbocycles. The quantitative estimate of drug-likeness (QED) is 0.759. The molecule has 4 rings (SSSR count). The van der Waals surface area contributed by atoms with E-state index in [9.17, 15) is 5.11 Å². The maximum atomic E-state index is 10.4. The molecule has 3 aromatic rings. The number of aryl methyl sites for hydroxylation is 1. The van der Waals surface area contributed by atoms with E-state index in [1.807, 2.05) is 12.1 Å². The van der Waals surface area contributed by atoms with Crippen LogP contribution in [0, 0.1) is 12.8 Å². The van der Waals surface area contributed by atoms with Crippen molar-refractivity contribution in [3.05, 3.63) is 48.4 Å². The molecule has 8 nitrogen and oxygen atoms in total. The summed E-state index contributed by atoms with van der Waals surface area (Å²) in [5.74, 6) is 1.94. The van der Waals surface area contributed by atoms with E-state index in [1.54, 1.807) is 31.7 Å². The lowest BCUT2D eigenvalue weighted by Crippen LogP contribution is -2.22. The van der Waals surface area contributed by atoms with Crippen LogP contribution in [0.15, 0.2) is 41.4 Å². The van der Waals surface area contributed by atoms with Gasteiger partial charge >= 0.3 is 0 Å². The second kappa shape index (κ2) is 6.56. The smallest absolute Gasteiger partial charge is 0.258 e. The summed E-state index contributed by atoms with van der Waals surface area (Å²) in [6.45, 7) is 3.02. The van der Waals surface area contributed by atoms with Crippen LogP contribution < -0.4 is 4.90 Å². The van der Waals surface area contributed by atoms with Gasteiger partial charge in [-0.1, -0.05) is 5.16 Å². The molecule has 8 heteroatoms. The molecule has 4 heterocycles. The largest absolute Gasteiger partial charge is 0.391 e. The highest BCUT2D eigenvalue weighted by Crippen LogP contribution is 2.27. The van der Waals surface area contributed by atoms with E-state index >= 15 is 0 Å². The summed E-state index contributed by atoms with van der Waals surface area (Å²) in [4.78, 5) is 19.1. The van der Waals surface area contributed by atoms with E-state index in [4.69, 9.17) is 4.52 Å². The third-order valence-corrected chi connectivity index (χ3v) is 4.34. The molecule has 1 saturated heterocycles. The van der Waals surface area contributed by atoms with Gasteiger partial charge in [0.25, 0.3) is 5.89 Å². The number of aliphatic hydroxyl groups excluding tert-OH is 1. The Morgan fingerprint density at radius 2 is 2.16 bits per heavy atom. The molecule has 0 amide bonds. The first-order chi connectivity index (χ1) is 12.2. The Labute approximate surface area is 144 Å². The third kappa shape index (κ3) is 3.34. The van der Waals surface area contributed by atoms with E-state index in [-0.39, 0.29) is 5.92 Å². The molecule has 1 aliphatic heterocycles. The fourth-order valence-electron chi connectivity index (χ4n) is 3.08. The van der Waals surface area contributed by atoms with Crippen LogP contribution in [-0.4, -0.2) is 49.4 Å². The minimum Gasteiger partial charge on any atom is -0.391 e. The molecule has 128 valence electrons. The van der Waals surface area contributed by atoms with Crippen molar-refractivity contribution in [3.63, 3.8) is 0 Å². The number of hydrogen-bond donors (Lipinski definition) is 1. The SMILES string of the molecule is Cc1noc(-c2ccnc(N3C[C@@H](Cc4cnccn4)[C@H](O)C3)c2)n1. The summed E-state index contributed by atoms with van der Waals surface area (Å²) in [6, 6.07) is 3.74. The molecular weight excluding hydrogens is 320 g/mol. The Kier molecular flexibility index (Phi) is 4.10. The summed E-state index contributed by atoms with van der Waals surface area (Å²) in [6.07, 6.45) is 7.03. The molecule has 25 heavy (non-hydrogen) atoms. The van der Waals surface area contributed by atoms with Crippen molar-refractivity contribution in [2.75, 3.05) is 18.0 Å². The van der Waals surface area contributed by atoms with Crippen molar-refractivity contribution in [2.45, 2.75) is 19.4 Å². The number of hydrogen-bond acceptors (Lipinski definition) is 8. The summed E-state index contributed by atoms with van der Waals surface area (Å²) >= 11 is 0. The minimum absolute atomic E-state index is 0.0906. The number of anilines is 1. The van der Waals surface area contributed by atoms with E-state index < -0.39 is 6.10 Å². The number of aromatic nitrogens is 5. The highest BCUT2D eigenvalue weighted by molar-refractivity contribution is 5.59. The summed E-state index contributed by atoms with van der Waals surface area (Å²) in [7, 11) is 0. The average molecular weight is 338 g/mol. The van der Waals surface area contributed by atoms with Gasteiger partial charge in [-0.2, -0.15) is 4.98 Å². The minimum atomic E-state index is -0.432. The molecule has 0 bridgehead atoms. The van der Waals surface area contributed by atoms with Crippen molar-refractivity contribution >= 4 is 5.82 Å². The van der Waals surface area contributed by atoms with Crippen LogP contribution in [0.25, 0.3) is 11.5 Å². The van der Waals surface area contributed by atoms with Crippen LogP contribution in [0.3, 0.4) is 0 Å². The lowest BCUT2D eigenvalue weighted by Gasteiger charge is -2.17. The first-order valence-electron chi connectivity index (χ1n) is 8.13. The number of nitrogens with zero attached hydrogens (tertiary/aromatic N) is 6. The van der Waals surface area contributed by atoms with Gasteiger partial charge in [0, 0.05) is 49.4 Å². The number of rotatable bonds is 4. The second-order valence-corrected chi connectivity index (χ2v) is 6.18. The molecule has 0 saturated carbocycles. The van der Waals surface area contributed by atoms with Gasteiger partial charge in [-0.15, -0.1) is 0 Å². The molecular formula is C17H18N6O2. The van der Waals surface area contributed by atoms with Crippen LogP contribution in [0.1, 0.15) is 11.5 Å². The Morgan fingerprint density at radius 3 is 2.92 bits per heavy atom. The van der Waals surface area contributed by atoms with Gasteiger partial charge in [-0.3, -0.25) is 9.97 Å². The molecule has 1 N–H and O–H groups in total. The standard InChI is InChI=1S/C17H18N6O2/c1-11-21-17(25-22-11)12-2-3-20-16(7-12)23-9-13(15(24)10-23)6-14-8-18-4-5-19-14/h2-5,7-8,13,15,24H,6,9-10H2,1H3/t13-,15-/m1/s1. The zero-order valence-corrected chi connectivity index (χ0v) is 13.8. The molecule has 0 unspecified atom stereocenters. The molecule has 0 radical (unpaired) electrons. The van der Waals surface area contributed by atoms with Crippen molar-refractivity contribution < 1.29 is 9.63 Å². The van der Waals surface area contributed by atoms with Gasteiger partial charge in [-0.05, 0) is 25.5 Å². The van der Waals surface area contributed by atoms with E-state index in [0.29, 0.717) is 31.2 Å². The van der Waals surface area contributed by atoms with E-state index in [1.165, 1.54) is 0 Å². The van der Waals surface area contributed by atoms with Crippen molar-refractivity contribution in [1.29, 1.82) is 0 Å². The van der Waals surface area contributed by atoms with Gasteiger partial charge in [0.2, 0.25) is 0 Å². The fraction of sp³-hybridized carbons (Fsp3) is 0.353. The highest BCUT2D eigenvalue weighted by Gasteiger charge is 2.32. The van der Waals surface area contributed by atoms with Crippen LogP contribution >= 0.6 is 0 Å². The van der Waals surface area contributed by atoms with Crippen molar-refractivity contribution in [3.8, 4) is 11.5 Å². The van der Waals surface area contributed by atoms with E-state index in [0.717, 1.165) is 17.1 Å². The first-order valence-corrected chi connectivity index (χ1v) is 8.13. The normalized spacial score (nSPS) is 20.2. The Hall–Kier alpha value is -2.87. The van der Waals surface area contributed by atoms with Gasteiger partial charge in [0.1, 0.15) is 5.82 Å². The molecule has 1 aliphatic rings. The fourth-order valence-corrected chi connectivity index (χ4v) is 3.08. The Bertz CT molecular complexity index is 853. The molecule has 3 aromatic heterocycles. The zero-order chi connectivity index (χ0) is 17.2. The van der Waals surface area contributed by atoms with Crippen LogP contribution in [0.5, 0.6) is 0 Å². The monoisotopic (exact) mass is 338 g/mol. The predicted octanol–water partition coefficient (Wildman–Crippen LogP) is 1.27. The van der Waals surface area contributed by atoms with Crippen LogP contribution in [0.4, 0.5) is 5.82 Å².